The van der Waals surface area contributed by atoms with E-state index in [1.807, 2.05) is 49.3 Å². The number of ether oxygens (including phenoxy) is 1. The molecular formula is C26H35F2N5O. The van der Waals surface area contributed by atoms with Crippen LogP contribution in [-0.4, -0.2) is 43.3 Å². The molecule has 1 aliphatic carbocycles. The van der Waals surface area contributed by atoms with Crippen LogP contribution in [0.15, 0.2) is 48.5 Å². The number of halogens is 2. The van der Waals surface area contributed by atoms with Crippen LogP contribution < -0.4 is 20.3 Å². The van der Waals surface area contributed by atoms with Crippen molar-refractivity contribution in [2.75, 3.05) is 30.9 Å². The summed E-state index contributed by atoms with van der Waals surface area (Å²) in [6.07, 6.45) is 4.44. The van der Waals surface area contributed by atoms with Crippen molar-refractivity contribution in [3.63, 3.8) is 0 Å². The minimum absolute atomic E-state index is 0. The molecule has 0 atom stereocenters. The van der Waals surface area contributed by atoms with E-state index in [1.165, 1.54) is 0 Å². The first-order chi connectivity index (χ1) is 16.0. The maximum absolute atomic E-state index is 12.2. The Morgan fingerprint density at radius 1 is 1.00 bits per heavy atom. The number of hydrogen-bond acceptors (Lipinski definition) is 6. The maximum Gasteiger partial charge on any atom is 0.387 e. The zero-order chi connectivity index (χ0) is 23.2. The van der Waals surface area contributed by atoms with E-state index in [0.29, 0.717) is 24.5 Å². The lowest BCUT2D eigenvalue weighted by Crippen LogP contribution is -2.31. The van der Waals surface area contributed by atoms with Crippen molar-refractivity contribution in [3.05, 3.63) is 54.1 Å². The number of rotatable bonds is 9. The Morgan fingerprint density at radius 3 is 2.38 bits per heavy atom. The highest BCUT2D eigenvalue weighted by Crippen LogP contribution is 2.28. The minimum Gasteiger partial charge on any atom is -0.435 e. The fourth-order valence-electron chi connectivity index (χ4n) is 4.37. The Kier molecular flexibility index (Phi) is 8.98. The Balaban J connectivity index is 0.00000324. The van der Waals surface area contributed by atoms with Crippen LogP contribution in [-0.2, 0) is 6.54 Å². The number of aromatic nitrogens is 2. The van der Waals surface area contributed by atoms with Gasteiger partial charge in [0.05, 0.1) is 5.52 Å². The summed E-state index contributed by atoms with van der Waals surface area (Å²) in [5.41, 5.74) is 2.00. The number of para-hydroxylation sites is 1. The fraction of sp³-hybridized carbons (Fsp3) is 0.462. The molecule has 4 rings (SSSR count). The minimum atomic E-state index is -2.79. The molecule has 184 valence electrons. The van der Waals surface area contributed by atoms with Gasteiger partial charge in [-0.3, -0.25) is 0 Å². The van der Waals surface area contributed by atoms with Crippen LogP contribution in [0.2, 0.25) is 0 Å². The highest BCUT2D eigenvalue weighted by atomic mass is 19.3. The molecule has 1 saturated carbocycles. The quantitative estimate of drug-likeness (QED) is 0.418. The largest absolute Gasteiger partial charge is 0.435 e. The first kappa shape index (κ1) is 25.6. The zero-order valence-electron chi connectivity index (χ0n) is 19.1. The summed E-state index contributed by atoms with van der Waals surface area (Å²) in [6.45, 7) is -1.13. The first-order valence-electron chi connectivity index (χ1n) is 11.4. The molecule has 0 unspecified atom stereocenters. The number of benzene rings is 2. The molecule has 8 heteroatoms. The molecule has 0 radical (unpaired) electrons. The van der Waals surface area contributed by atoms with E-state index in [-0.39, 0.29) is 13.2 Å². The summed E-state index contributed by atoms with van der Waals surface area (Å²) in [5, 5.41) is 8.11. The van der Waals surface area contributed by atoms with Gasteiger partial charge < -0.3 is 20.3 Å². The standard InChI is InChI=1S/C25H31F2N5O.CH4/c1-32(2)23-21-5-3-4-6-22(21)30-25(31-23)29-19-11-7-17(8-12-19)15-28-16-18-9-13-20(14-10-18)33-24(26)27;/h3-6,9-10,13-14,17,19,24,28H,7-8,11-12,15-16H2,1-2H3,(H,29,30,31);1H4. The number of nitrogens with one attached hydrogen (secondary N) is 2. The van der Waals surface area contributed by atoms with Gasteiger partial charge in [-0.05, 0) is 68.0 Å². The fourth-order valence-corrected chi connectivity index (χ4v) is 4.37. The smallest absolute Gasteiger partial charge is 0.387 e. The molecule has 2 aromatic carbocycles. The van der Waals surface area contributed by atoms with Crippen molar-refractivity contribution in [2.45, 2.75) is 52.3 Å². The molecule has 1 aliphatic rings. The molecule has 1 fully saturated rings. The van der Waals surface area contributed by atoms with E-state index >= 15 is 0 Å². The average Bonchev–Trinajstić information content (AvgIpc) is 2.80. The lowest BCUT2D eigenvalue weighted by Gasteiger charge is -2.29. The second-order valence-electron chi connectivity index (χ2n) is 8.80. The van der Waals surface area contributed by atoms with Gasteiger partial charge in [0.1, 0.15) is 11.6 Å². The van der Waals surface area contributed by atoms with Gasteiger partial charge in [-0.1, -0.05) is 31.7 Å². The van der Waals surface area contributed by atoms with Crippen molar-refractivity contribution >= 4 is 22.7 Å². The summed E-state index contributed by atoms with van der Waals surface area (Å²) in [7, 11) is 4.00. The SMILES string of the molecule is C.CN(C)c1nc(NC2CCC(CNCc3ccc(OC(F)F)cc3)CC2)nc2ccccc12. The highest BCUT2D eigenvalue weighted by molar-refractivity contribution is 5.90. The van der Waals surface area contributed by atoms with Gasteiger partial charge >= 0.3 is 6.61 Å². The van der Waals surface area contributed by atoms with E-state index < -0.39 is 6.61 Å². The molecular weight excluding hydrogens is 436 g/mol. The van der Waals surface area contributed by atoms with Crippen molar-refractivity contribution in [1.29, 1.82) is 0 Å². The summed E-state index contributed by atoms with van der Waals surface area (Å²) >= 11 is 0. The van der Waals surface area contributed by atoms with Gasteiger partial charge in [0, 0.05) is 32.1 Å². The molecule has 0 saturated heterocycles. The predicted octanol–water partition coefficient (Wildman–Crippen LogP) is 5.69. The third-order valence-electron chi connectivity index (χ3n) is 6.10. The van der Waals surface area contributed by atoms with Crippen LogP contribution in [0.25, 0.3) is 10.9 Å². The van der Waals surface area contributed by atoms with Gasteiger partial charge in [0.25, 0.3) is 0 Å². The van der Waals surface area contributed by atoms with Crippen molar-refractivity contribution in [2.24, 2.45) is 5.92 Å². The average molecular weight is 472 g/mol. The summed E-state index contributed by atoms with van der Waals surface area (Å²) < 4.78 is 28.9. The monoisotopic (exact) mass is 471 g/mol. The van der Waals surface area contributed by atoms with E-state index in [2.05, 4.69) is 21.4 Å². The van der Waals surface area contributed by atoms with Crippen LogP contribution in [0.1, 0.15) is 38.7 Å². The molecule has 1 heterocycles. The van der Waals surface area contributed by atoms with Crippen LogP contribution in [0.4, 0.5) is 20.5 Å². The Bertz CT molecular complexity index is 1040. The van der Waals surface area contributed by atoms with Gasteiger partial charge in [0.15, 0.2) is 0 Å². The summed E-state index contributed by atoms with van der Waals surface area (Å²) in [4.78, 5) is 11.5. The van der Waals surface area contributed by atoms with E-state index in [0.717, 1.165) is 54.5 Å². The molecule has 2 N–H and O–H groups in total. The van der Waals surface area contributed by atoms with Gasteiger partial charge in [-0.2, -0.15) is 13.8 Å². The van der Waals surface area contributed by atoms with Gasteiger partial charge in [-0.25, -0.2) is 4.98 Å². The van der Waals surface area contributed by atoms with E-state index in [4.69, 9.17) is 9.97 Å². The van der Waals surface area contributed by atoms with Crippen LogP contribution in [0, 0.1) is 5.92 Å². The maximum atomic E-state index is 12.2. The third kappa shape index (κ3) is 6.76. The Labute approximate surface area is 200 Å². The Morgan fingerprint density at radius 2 is 1.71 bits per heavy atom. The predicted molar refractivity (Wildman–Crippen MR) is 135 cm³/mol. The van der Waals surface area contributed by atoms with Crippen LogP contribution in [0.5, 0.6) is 5.75 Å². The van der Waals surface area contributed by atoms with Gasteiger partial charge in [0.2, 0.25) is 5.95 Å². The molecule has 1 aromatic heterocycles. The Hall–Kier alpha value is -3.00. The van der Waals surface area contributed by atoms with Crippen molar-refractivity contribution in [1.82, 2.24) is 15.3 Å². The lowest BCUT2D eigenvalue weighted by molar-refractivity contribution is -0.0498. The van der Waals surface area contributed by atoms with Crippen molar-refractivity contribution < 1.29 is 13.5 Å². The third-order valence-corrected chi connectivity index (χ3v) is 6.10. The number of anilines is 2. The zero-order valence-corrected chi connectivity index (χ0v) is 19.1. The van der Waals surface area contributed by atoms with Crippen LogP contribution in [0.3, 0.4) is 0 Å². The highest BCUT2D eigenvalue weighted by Gasteiger charge is 2.22. The second kappa shape index (κ2) is 11.9. The van der Waals surface area contributed by atoms with Gasteiger partial charge in [-0.15, -0.1) is 0 Å². The molecule has 0 amide bonds. The van der Waals surface area contributed by atoms with Crippen molar-refractivity contribution in [3.8, 4) is 5.75 Å². The number of nitrogens with zero attached hydrogens (tertiary/aromatic N) is 3. The second-order valence-corrected chi connectivity index (χ2v) is 8.80. The van der Waals surface area contributed by atoms with E-state index in [1.54, 1.807) is 12.1 Å². The molecule has 6 nitrogen and oxygen atoms in total. The number of alkyl halides is 2. The molecule has 0 aliphatic heterocycles. The van der Waals surface area contributed by atoms with Crippen LogP contribution >= 0.6 is 0 Å². The molecule has 0 spiro atoms. The summed E-state index contributed by atoms with van der Waals surface area (Å²) in [6, 6.07) is 15.3. The number of fused-ring (bicyclic) bond motifs is 1. The summed E-state index contributed by atoms with van der Waals surface area (Å²) in [5.74, 6) is 2.43. The lowest BCUT2D eigenvalue weighted by atomic mass is 9.86. The topological polar surface area (TPSA) is 62.3 Å². The molecule has 0 bridgehead atoms. The van der Waals surface area contributed by atoms with E-state index in [9.17, 15) is 8.78 Å². The molecule has 34 heavy (non-hydrogen) atoms. The molecule has 3 aromatic rings. The number of hydrogen-bond donors (Lipinski definition) is 2. The normalized spacial score (nSPS) is 17.9. The first-order valence-corrected chi connectivity index (χ1v) is 11.4.